The summed E-state index contributed by atoms with van der Waals surface area (Å²) in [5.74, 6) is 2.00. The third-order valence-corrected chi connectivity index (χ3v) is 14.6. The Morgan fingerprint density at radius 2 is 0.915 bits per heavy atom. The van der Waals surface area contributed by atoms with E-state index >= 15 is 0 Å². The van der Waals surface area contributed by atoms with Crippen molar-refractivity contribution in [2.45, 2.75) is 24.7 Å². The average Bonchev–Trinajstić information content (AvgIpc) is 3.98. The molecule has 3 aliphatic rings. The second-order valence-corrected chi connectivity index (χ2v) is 17.7. The van der Waals surface area contributed by atoms with Crippen LogP contribution in [0.2, 0.25) is 0 Å². The lowest BCUT2D eigenvalue weighted by atomic mass is 9.74. The highest BCUT2D eigenvalue weighted by Gasteiger charge is 2.53. The van der Waals surface area contributed by atoms with Crippen LogP contribution < -0.4 is 0 Å². The summed E-state index contributed by atoms with van der Waals surface area (Å²) >= 11 is 1.93. The topological polar surface area (TPSA) is 38.7 Å². The van der Waals surface area contributed by atoms with Gasteiger partial charge in [0.15, 0.2) is 17.5 Å². The fourth-order valence-corrected chi connectivity index (χ4v) is 12.2. The summed E-state index contributed by atoms with van der Waals surface area (Å²) in [5, 5.41) is 3.56. The van der Waals surface area contributed by atoms with E-state index in [1.54, 1.807) is 0 Å². The molecule has 0 atom stereocenters. The quantitative estimate of drug-likeness (QED) is 0.180. The first-order valence-electron chi connectivity index (χ1n) is 20.4. The molecule has 0 bridgehead atoms. The van der Waals surface area contributed by atoms with Crippen LogP contribution in [0.5, 0.6) is 0 Å². The Kier molecular flexibility index (Phi) is 6.59. The van der Waals surface area contributed by atoms with Crippen molar-refractivity contribution in [3.8, 4) is 67.5 Å². The number of nitrogens with zero attached hydrogens (tertiary/aromatic N) is 3. The first kappa shape index (κ1) is 33.0. The van der Waals surface area contributed by atoms with Crippen molar-refractivity contribution in [3.63, 3.8) is 0 Å². The van der Waals surface area contributed by atoms with E-state index in [0.29, 0.717) is 17.5 Å². The van der Waals surface area contributed by atoms with E-state index in [4.69, 9.17) is 15.0 Å². The smallest absolute Gasteiger partial charge is 0.164 e. The van der Waals surface area contributed by atoms with Gasteiger partial charge in [-0.25, -0.2) is 15.0 Å². The van der Waals surface area contributed by atoms with E-state index in [-0.39, 0.29) is 5.41 Å². The van der Waals surface area contributed by atoms with Crippen molar-refractivity contribution in [1.82, 2.24) is 15.0 Å². The summed E-state index contributed by atoms with van der Waals surface area (Å²) in [4.78, 5) is 17.4. The molecule has 1 spiro atoms. The summed E-state index contributed by atoms with van der Waals surface area (Å²) in [5.41, 5.74) is 16.8. The largest absolute Gasteiger partial charge is 0.208 e. The lowest BCUT2D eigenvalue weighted by Crippen LogP contribution is -2.24. The molecule has 0 amide bonds. The number of rotatable bonds is 3. The van der Waals surface area contributed by atoms with Crippen LogP contribution in [0.1, 0.15) is 46.5 Å². The Balaban J connectivity index is 1.06. The predicted octanol–water partition coefficient (Wildman–Crippen LogP) is 13.9. The number of hydrogen-bond acceptors (Lipinski definition) is 4. The number of hydrogen-bond donors (Lipinski definition) is 0. The van der Waals surface area contributed by atoms with Gasteiger partial charge in [-0.1, -0.05) is 172 Å². The number of fused-ring (bicyclic) bond motifs is 16. The Morgan fingerprint density at radius 1 is 0.390 bits per heavy atom. The predicted molar refractivity (Wildman–Crippen MR) is 243 cm³/mol. The van der Waals surface area contributed by atoms with Crippen LogP contribution >= 0.6 is 11.3 Å². The molecular formula is C55H35N3S. The second-order valence-electron chi connectivity index (χ2n) is 16.7. The van der Waals surface area contributed by atoms with Gasteiger partial charge < -0.3 is 0 Å². The first-order chi connectivity index (χ1) is 29.0. The van der Waals surface area contributed by atoms with Crippen LogP contribution in [-0.2, 0) is 10.8 Å². The molecule has 2 aromatic heterocycles. The maximum atomic E-state index is 5.37. The van der Waals surface area contributed by atoms with Crippen LogP contribution in [0, 0.1) is 0 Å². The van der Waals surface area contributed by atoms with Crippen LogP contribution in [0.25, 0.3) is 88.4 Å². The molecule has 0 N–H and O–H groups in total. The minimum atomic E-state index is -0.409. The highest BCUT2D eigenvalue weighted by atomic mass is 32.1. The van der Waals surface area contributed by atoms with Crippen molar-refractivity contribution >= 4 is 32.2 Å². The van der Waals surface area contributed by atoms with Gasteiger partial charge in [-0.3, -0.25) is 0 Å². The van der Waals surface area contributed by atoms with E-state index in [9.17, 15) is 0 Å². The van der Waals surface area contributed by atoms with Crippen LogP contribution in [0.4, 0.5) is 0 Å². The summed E-state index contributed by atoms with van der Waals surface area (Å²) in [6.07, 6.45) is 0. The van der Waals surface area contributed by atoms with E-state index in [1.165, 1.54) is 76.2 Å². The molecule has 0 aliphatic heterocycles. The number of aromatic nitrogens is 3. The zero-order valence-corrected chi connectivity index (χ0v) is 33.3. The molecule has 4 heteroatoms. The fraction of sp³-hybridized carbons (Fsp3) is 0.0727. The van der Waals surface area contributed by atoms with Crippen LogP contribution in [-0.4, -0.2) is 15.0 Å². The van der Waals surface area contributed by atoms with Crippen molar-refractivity contribution in [1.29, 1.82) is 0 Å². The standard InChI is InChI=1S/C55H35N3S/c1-54(2)43-22-9-5-17-36(43)39-28-26-34(31-47(39)54)52-56-51(57-53(58-52)40-21-13-15-32-14-3-4-16-35(32)40)33-27-29-46-42(30-33)49-41-20-8-12-25-48(41)59-50(49)55(46)44-23-10-6-18-37(44)38-19-7-11-24-45(38)55/h3-31H,1-2H3. The molecule has 2 heterocycles. The van der Waals surface area contributed by atoms with Gasteiger partial charge in [0.1, 0.15) is 0 Å². The Bertz CT molecular complexity index is 3390. The lowest BCUT2D eigenvalue weighted by molar-refractivity contribution is 0.660. The summed E-state index contributed by atoms with van der Waals surface area (Å²) in [7, 11) is 0. The van der Waals surface area contributed by atoms with E-state index in [0.717, 1.165) is 27.5 Å². The minimum absolute atomic E-state index is 0.148. The van der Waals surface area contributed by atoms with Gasteiger partial charge in [0.2, 0.25) is 0 Å². The molecule has 3 nitrogen and oxygen atoms in total. The average molecular weight is 770 g/mol. The normalized spacial score (nSPS) is 14.5. The molecule has 10 aromatic rings. The summed E-state index contributed by atoms with van der Waals surface area (Å²) in [6.45, 7) is 4.64. The molecule has 0 unspecified atom stereocenters. The van der Waals surface area contributed by atoms with E-state index in [1.807, 2.05) is 11.3 Å². The maximum absolute atomic E-state index is 5.37. The van der Waals surface area contributed by atoms with Crippen LogP contribution in [0.15, 0.2) is 176 Å². The Labute approximate surface area is 346 Å². The molecule has 0 saturated heterocycles. The summed E-state index contributed by atoms with van der Waals surface area (Å²) < 4.78 is 1.30. The van der Waals surface area contributed by atoms with Crippen molar-refractivity contribution in [2.75, 3.05) is 0 Å². The molecule has 0 fully saturated rings. The molecule has 276 valence electrons. The number of benzene rings is 8. The Hall–Kier alpha value is -7.01. The zero-order chi connectivity index (χ0) is 39.0. The zero-order valence-electron chi connectivity index (χ0n) is 32.5. The van der Waals surface area contributed by atoms with Crippen molar-refractivity contribution < 1.29 is 0 Å². The molecule has 3 aliphatic carbocycles. The maximum Gasteiger partial charge on any atom is 0.164 e. The van der Waals surface area contributed by atoms with E-state index < -0.39 is 5.41 Å². The molecule has 13 rings (SSSR count). The van der Waals surface area contributed by atoms with Crippen molar-refractivity contribution in [2.24, 2.45) is 0 Å². The van der Waals surface area contributed by atoms with Crippen molar-refractivity contribution in [3.05, 3.63) is 209 Å². The Morgan fingerprint density at radius 3 is 1.68 bits per heavy atom. The molecule has 8 aromatic carbocycles. The van der Waals surface area contributed by atoms with Gasteiger partial charge in [-0.15, -0.1) is 11.3 Å². The molecule has 0 saturated carbocycles. The highest BCUT2D eigenvalue weighted by molar-refractivity contribution is 7.20. The summed E-state index contributed by atoms with van der Waals surface area (Å²) in [6, 6.07) is 64.3. The third kappa shape index (κ3) is 4.34. The fourth-order valence-electron chi connectivity index (χ4n) is 10.7. The van der Waals surface area contributed by atoms with E-state index in [2.05, 4.69) is 190 Å². The second kappa shape index (κ2) is 11.8. The molecule has 59 heavy (non-hydrogen) atoms. The van der Waals surface area contributed by atoms with Crippen LogP contribution in [0.3, 0.4) is 0 Å². The van der Waals surface area contributed by atoms with Gasteiger partial charge in [0.05, 0.1) is 5.41 Å². The third-order valence-electron chi connectivity index (χ3n) is 13.3. The molecular weight excluding hydrogens is 735 g/mol. The van der Waals surface area contributed by atoms with Gasteiger partial charge in [-0.2, -0.15) is 0 Å². The first-order valence-corrected chi connectivity index (χ1v) is 21.2. The minimum Gasteiger partial charge on any atom is -0.208 e. The lowest BCUT2D eigenvalue weighted by Gasteiger charge is -2.29. The SMILES string of the molecule is CC1(C)c2ccccc2-c2ccc(-c3nc(-c4ccc5c(c4)-c4c(sc6ccccc46)C54c5ccccc5-c5ccccc54)nc(-c4cccc5ccccc45)n3)cc21. The monoisotopic (exact) mass is 769 g/mol. The van der Waals surface area contributed by atoms with Gasteiger partial charge in [-0.05, 0) is 84.6 Å². The molecule has 0 radical (unpaired) electrons. The highest BCUT2D eigenvalue weighted by Crippen LogP contribution is 2.66. The van der Waals surface area contributed by atoms with Gasteiger partial charge in [0, 0.05) is 42.6 Å². The van der Waals surface area contributed by atoms with Gasteiger partial charge in [0.25, 0.3) is 0 Å². The number of thiophene rings is 1. The van der Waals surface area contributed by atoms with Gasteiger partial charge >= 0.3 is 0 Å².